The molecule has 0 amide bonds. The van der Waals surface area contributed by atoms with Crippen LogP contribution in [0.3, 0.4) is 0 Å². The summed E-state index contributed by atoms with van der Waals surface area (Å²) in [7, 11) is 0. The maximum atomic E-state index is 12.0. The van der Waals surface area contributed by atoms with E-state index in [0.29, 0.717) is 18.1 Å². The number of aromatic nitrogens is 1. The fraction of sp³-hybridized carbons (Fsp3) is 0.318. The molecule has 3 rings (SSSR count). The minimum atomic E-state index is -0.248. The van der Waals surface area contributed by atoms with Gasteiger partial charge in [0.05, 0.1) is 12.2 Å². The molecular formula is C22H25NO2. The van der Waals surface area contributed by atoms with Crippen LogP contribution in [-0.2, 0) is 11.3 Å². The van der Waals surface area contributed by atoms with Crippen molar-refractivity contribution in [2.75, 3.05) is 6.61 Å². The van der Waals surface area contributed by atoms with Gasteiger partial charge in [-0.2, -0.15) is 0 Å². The predicted molar refractivity (Wildman–Crippen MR) is 102 cm³/mol. The van der Waals surface area contributed by atoms with Gasteiger partial charge in [0.1, 0.15) is 0 Å². The maximum absolute atomic E-state index is 12.0. The van der Waals surface area contributed by atoms with Crippen molar-refractivity contribution in [1.82, 2.24) is 4.57 Å². The molecule has 0 aliphatic rings. The number of carbonyl (C=O) groups excluding carboxylic acids is 1. The molecule has 0 radical (unpaired) electrons. The van der Waals surface area contributed by atoms with E-state index in [1.807, 2.05) is 31.2 Å². The smallest absolute Gasteiger partial charge is 0.338 e. The zero-order valence-electron chi connectivity index (χ0n) is 15.2. The Morgan fingerprint density at radius 2 is 1.96 bits per heavy atom. The highest BCUT2D eigenvalue weighted by atomic mass is 16.5. The number of carbonyl (C=O) groups is 1. The van der Waals surface area contributed by atoms with Crippen LogP contribution in [0.2, 0.25) is 0 Å². The number of esters is 1. The average Bonchev–Trinajstić information content (AvgIpc) is 3.02. The minimum absolute atomic E-state index is 0.248. The first-order valence-corrected chi connectivity index (χ1v) is 8.93. The summed E-state index contributed by atoms with van der Waals surface area (Å²) < 4.78 is 7.45. The topological polar surface area (TPSA) is 31.2 Å². The summed E-state index contributed by atoms with van der Waals surface area (Å²) in [6.07, 6.45) is 2.94. The molecule has 0 saturated carbocycles. The SMILES string of the molecule is CCCOC(=O)c1cccc(Cn2ccc3cc(C(C)C)ccc32)c1. The third-order valence-electron chi connectivity index (χ3n) is 4.41. The molecule has 0 aliphatic carbocycles. The van der Waals surface area contributed by atoms with Crippen LogP contribution in [-0.4, -0.2) is 17.1 Å². The van der Waals surface area contributed by atoms with Crippen molar-refractivity contribution in [2.24, 2.45) is 0 Å². The van der Waals surface area contributed by atoms with E-state index >= 15 is 0 Å². The average molecular weight is 335 g/mol. The van der Waals surface area contributed by atoms with Gasteiger partial charge in [0, 0.05) is 18.3 Å². The second-order valence-electron chi connectivity index (χ2n) is 6.75. The Morgan fingerprint density at radius 1 is 1.12 bits per heavy atom. The lowest BCUT2D eigenvalue weighted by molar-refractivity contribution is 0.0505. The molecule has 130 valence electrons. The van der Waals surface area contributed by atoms with Gasteiger partial charge >= 0.3 is 5.97 Å². The molecule has 0 saturated heterocycles. The zero-order chi connectivity index (χ0) is 17.8. The van der Waals surface area contributed by atoms with Crippen LogP contribution in [0.4, 0.5) is 0 Å². The molecular weight excluding hydrogens is 310 g/mol. The van der Waals surface area contributed by atoms with Crippen LogP contribution < -0.4 is 0 Å². The van der Waals surface area contributed by atoms with Crippen molar-refractivity contribution in [3.05, 3.63) is 71.4 Å². The van der Waals surface area contributed by atoms with Gasteiger partial charge < -0.3 is 9.30 Å². The van der Waals surface area contributed by atoms with Crippen LogP contribution in [0.25, 0.3) is 10.9 Å². The first-order valence-electron chi connectivity index (χ1n) is 8.93. The number of fused-ring (bicyclic) bond motifs is 1. The van der Waals surface area contributed by atoms with Gasteiger partial charge in [-0.25, -0.2) is 4.79 Å². The Balaban J connectivity index is 1.83. The van der Waals surface area contributed by atoms with Crippen molar-refractivity contribution < 1.29 is 9.53 Å². The van der Waals surface area contributed by atoms with Gasteiger partial charge in [-0.3, -0.25) is 0 Å². The highest BCUT2D eigenvalue weighted by Crippen LogP contribution is 2.23. The highest BCUT2D eigenvalue weighted by molar-refractivity contribution is 5.89. The zero-order valence-corrected chi connectivity index (χ0v) is 15.2. The standard InChI is InChI=1S/C22H25NO2/c1-4-12-25-22(24)20-7-5-6-17(13-20)15-23-11-10-19-14-18(16(2)3)8-9-21(19)23/h5-11,13-14,16H,4,12,15H2,1-3H3. The van der Waals surface area contributed by atoms with E-state index in [0.717, 1.165) is 18.5 Å². The molecule has 1 heterocycles. The Bertz CT molecular complexity index is 877. The Labute approximate surface area is 149 Å². The molecule has 2 aromatic carbocycles. The fourth-order valence-electron chi connectivity index (χ4n) is 2.99. The molecule has 0 fully saturated rings. The van der Waals surface area contributed by atoms with Gasteiger partial charge in [-0.05, 0) is 59.2 Å². The van der Waals surface area contributed by atoms with Gasteiger partial charge in [0.15, 0.2) is 0 Å². The third kappa shape index (κ3) is 3.93. The van der Waals surface area contributed by atoms with E-state index in [1.165, 1.54) is 16.5 Å². The maximum Gasteiger partial charge on any atom is 0.338 e. The summed E-state index contributed by atoms with van der Waals surface area (Å²) in [5, 5.41) is 1.25. The Morgan fingerprint density at radius 3 is 2.72 bits per heavy atom. The molecule has 1 aromatic heterocycles. The van der Waals surface area contributed by atoms with E-state index in [4.69, 9.17) is 4.74 Å². The first kappa shape index (κ1) is 17.3. The summed E-state index contributed by atoms with van der Waals surface area (Å²) >= 11 is 0. The fourth-order valence-corrected chi connectivity index (χ4v) is 2.99. The van der Waals surface area contributed by atoms with E-state index in [-0.39, 0.29) is 5.97 Å². The predicted octanol–water partition coefficient (Wildman–Crippen LogP) is 5.38. The van der Waals surface area contributed by atoms with Crippen LogP contribution in [0.1, 0.15) is 54.6 Å². The van der Waals surface area contributed by atoms with Crippen molar-refractivity contribution >= 4 is 16.9 Å². The number of hydrogen-bond donors (Lipinski definition) is 0. The Kier molecular flexibility index (Phi) is 5.22. The summed E-state index contributed by atoms with van der Waals surface area (Å²) in [6.45, 7) is 7.61. The first-order chi connectivity index (χ1) is 12.1. The second kappa shape index (κ2) is 7.56. The molecule has 3 aromatic rings. The van der Waals surface area contributed by atoms with E-state index in [9.17, 15) is 4.79 Å². The monoisotopic (exact) mass is 335 g/mol. The Hall–Kier alpha value is -2.55. The lowest BCUT2D eigenvalue weighted by atomic mass is 10.0. The quantitative estimate of drug-likeness (QED) is 0.566. The van der Waals surface area contributed by atoms with Crippen molar-refractivity contribution in [3.63, 3.8) is 0 Å². The summed E-state index contributed by atoms with van der Waals surface area (Å²) in [6, 6.07) is 16.5. The van der Waals surface area contributed by atoms with Crippen molar-refractivity contribution in [3.8, 4) is 0 Å². The van der Waals surface area contributed by atoms with Crippen molar-refractivity contribution in [1.29, 1.82) is 0 Å². The molecule has 25 heavy (non-hydrogen) atoms. The van der Waals surface area contributed by atoms with Crippen LogP contribution >= 0.6 is 0 Å². The summed E-state index contributed by atoms with van der Waals surface area (Å²) in [5.74, 6) is 0.279. The van der Waals surface area contributed by atoms with Crippen LogP contribution in [0, 0.1) is 0 Å². The molecule has 0 N–H and O–H groups in total. The highest BCUT2D eigenvalue weighted by Gasteiger charge is 2.09. The lowest BCUT2D eigenvalue weighted by Gasteiger charge is -2.09. The second-order valence-corrected chi connectivity index (χ2v) is 6.75. The molecule has 0 aliphatic heterocycles. The number of benzene rings is 2. The summed E-state index contributed by atoms with van der Waals surface area (Å²) in [4.78, 5) is 12.0. The van der Waals surface area contributed by atoms with Crippen LogP contribution in [0.5, 0.6) is 0 Å². The molecule has 0 spiro atoms. The lowest BCUT2D eigenvalue weighted by Crippen LogP contribution is -2.07. The molecule has 3 heteroatoms. The number of nitrogens with zero attached hydrogens (tertiary/aromatic N) is 1. The number of hydrogen-bond acceptors (Lipinski definition) is 2. The summed E-state index contributed by atoms with van der Waals surface area (Å²) in [5.41, 5.74) is 4.27. The van der Waals surface area contributed by atoms with Gasteiger partial charge in [-0.15, -0.1) is 0 Å². The molecule has 0 unspecified atom stereocenters. The minimum Gasteiger partial charge on any atom is -0.462 e. The largest absolute Gasteiger partial charge is 0.462 e. The van der Waals surface area contributed by atoms with E-state index in [1.54, 1.807) is 0 Å². The van der Waals surface area contributed by atoms with Crippen LogP contribution in [0.15, 0.2) is 54.7 Å². The number of rotatable bonds is 6. The van der Waals surface area contributed by atoms with E-state index in [2.05, 4.69) is 48.9 Å². The number of ether oxygens (including phenoxy) is 1. The van der Waals surface area contributed by atoms with Gasteiger partial charge in [0.25, 0.3) is 0 Å². The molecule has 3 nitrogen and oxygen atoms in total. The molecule has 0 atom stereocenters. The van der Waals surface area contributed by atoms with Gasteiger partial charge in [-0.1, -0.05) is 39.0 Å². The third-order valence-corrected chi connectivity index (χ3v) is 4.41. The van der Waals surface area contributed by atoms with Gasteiger partial charge in [0.2, 0.25) is 0 Å². The van der Waals surface area contributed by atoms with E-state index < -0.39 is 0 Å². The van der Waals surface area contributed by atoms with Crippen molar-refractivity contribution in [2.45, 2.75) is 39.7 Å². The molecule has 0 bridgehead atoms. The normalized spacial score (nSPS) is 11.2.